The van der Waals surface area contributed by atoms with Crippen molar-refractivity contribution in [2.75, 3.05) is 0 Å². The lowest BCUT2D eigenvalue weighted by atomic mass is 9.93. The zero-order valence-electron chi connectivity index (χ0n) is 7.47. The maximum Gasteiger partial charge on any atom is 0.0655 e. The van der Waals surface area contributed by atoms with E-state index in [4.69, 9.17) is 16.9 Å². The summed E-state index contributed by atoms with van der Waals surface area (Å²) >= 11 is 5.88. The Morgan fingerprint density at radius 2 is 2.00 bits per heavy atom. The fourth-order valence-electron chi connectivity index (χ4n) is 0.947. The summed E-state index contributed by atoms with van der Waals surface area (Å²) in [7, 11) is 0. The number of hydrogen-bond donors (Lipinski definition) is 0. The molecule has 0 fully saturated rings. The monoisotopic (exact) mass is 173 g/mol. The van der Waals surface area contributed by atoms with Crippen molar-refractivity contribution in [3.05, 3.63) is 0 Å². The van der Waals surface area contributed by atoms with Crippen LogP contribution in [0.1, 0.15) is 33.6 Å². The molecule has 0 rings (SSSR count). The maximum absolute atomic E-state index is 8.66. The number of hydrogen-bond acceptors (Lipinski definition) is 1. The summed E-state index contributed by atoms with van der Waals surface area (Å²) in [6.45, 7) is 6.12. The second-order valence-corrected chi connectivity index (χ2v) is 3.81. The largest absolute Gasteiger partial charge is 0.198 e. The Morgan fingerprint density at radius 3 is 2.27 bits per heavy atom. The van der Waals surface area contributed by atoms with Crippen LogP contribution in [0, 0.1) is 23.2 Å². The molecule has 2 heteroatoms. The van der Waals surface area contributed by atoms with E-state index in [0.29, 0.717) is 5.92 Å². The van der Waals surface area contributed by atoms with Gasteiger partial charge in [-0.15, -0.1) is 11.6 Å². The van der Waals surface area contributed by atoms with Crippen molar-refractivity contribution in [2.24, 2.45) is 11.8 Å². The predicted octanol–water partition coefficient (Wildman–Crippen LogP) is 3.19. The fourth-order valence-corrected chi connectivity index (χ4v) is 1.05. The first kappa shape index (κ1) is 10.8. The first-order valence-corrected chi connectivity index (χ1v) is 4.59. The van der Waals surface area contributed by atoms with E-state index in [1.54, 1.807) is 0 Å². The average molecular weight is 174 g/mol. The van der Waals surface area contributed by atoms with Crippen molar-refractivity contribution in [3.8, 4) is 6.07 Å². The van der Waals surface area contributed by atoms with Crippen LogP contribution in [-0.2, 0) is 0 Å². The molecule has 0 saturated heterocycles. The molecular formula is C9H16ClN. The average Bonchev–Trinajstić information content (AvgIpc) is 1.99. The van der Waals surface area contributed by atoms with E-state index in [1.807, 2.05) is 13.8 Å². The summed E-state index contributed by atoms with van der Waals surface area (Å²) in [4.78, 5) is 0. The standard InChI is InChI=1S/C9H16ClN/c1-4-9(6-11)5-7(2)8(3)10/h7-9H,4-5H2,1-3H3/t7?,8-,9?/m1/s1. The SMILES string of the molecule is CCC(C#N)CC(C)[C@@H](C)Cl. The second kappa shape index (κ2) is 5.43. The van der Waals surface area contributed by atoms with Gasteiger partial charge in [-0.3, -0.25) is 0 Å². The Bertz CT molecular complexity index is 137. The topological polar surface area (TPSA) is 23.8 Å². The number of halogens is 1. The van der Waals surface area contributed by atoms with Gasteiger partial charge in [0.15, 0.2) is 0 Å². The molecule has 0 aliphatic rings. The Labute approximate surface area is 74.4 Å². The van der Waals surface area contributed by atoms with Crippen LogP contribution in [-0.4, -0.2) is 5.38 Å². The van der Waals surface area contributed by atoms with Gasteiger partial charge in [-0.25, -0.2) is 0 Å². The van der Waals surface area contributed by atoms with Crippen molar-refractivity contribution in [2.45, 2.75) is 39.0 Å². The van der Waals surface area contributed by atoms with Gasteiger partial charge in [-0.1, -0.05) is 13.8 Å². The summed E-state index contributed by atoms with van der Waals surface area (Å²) in [6.07, 6.45) is 1.86. The first-order valence-electron chi connectivity index (χ1n) is 4.15. The molecule has 1 nitrogen and oxygen atoms in total. The van der Waals surface area contributed by atoms with Crippen LogP contribution in [0.25, 0.3) is 0 Å². The Balaban J connectivity index is 3.74. The minimum Gasteiger partial charge on any atom is -0.198 e. The summed E-state index contributed by atoms with van der Waals surface area (Å²) in [5.74, 6) is 0.632. The number of nitrogens with zero attached hydrogens (tertiary/aromatic N) is 1. The highest BCUT2D eigenvalue weighted by Gasteiger charge is 2.14. The highest BCUT2D eigenvalue weighted by Crippen LogP contribution is 2.20. The van der Waals surface area contributed by atoms with Crippen LogP contribution in [0.3, 0.4) is 0 Å². The molecule has 0 radical (unpaired) electrons. The molecule has 0 spiro atoms. The van der Waals surface area contributed by atoms with E-state index in [9.17, 15) is 0 Å². The number of rotatable bonds is 4. The van der Waals surface area contributed by atoms with E-state index in [2.05, 4.69) is 13.0 Å². The number of nitriles is 1. The van der Waals surface area contributed by atoms with Gasteiger partial charge >= 0.3 is 0 Å². The van der Waals surface area contributed by atoms with Gasteiger partial charge < -0.3 is 0 Å². The lowest BCUT2D eigenvalue weighted by Gasteiger charge is -2.15. The molecule has 0 saturated carbocycles. The molecule has 0 bridgehead atoms. The predicted molar refractivity (Wildman–Crippen MR) is 48.5 cm³/mol. The first-order chi connectivity index (χ1) is 5.11. The van der Waals surface area contributed by atoms with E-state index in [1.165, 1.54) is 0 Å². The lowest BCUT2D eigenvalue weighted by molar-refractivity contribution is 0.438. The van der Waals surface area contributed by atoms with E-state index >= 15 is 0 Å². The quantitative estimate of drug-likeness (QED) is 0.599. The Hall–Kier alpha value is -0.220. The van der Waals surface area contributed by atoms with Gasteiger partial charge in [0.1, 0.15) is 0 Å². The van der Waals surface area contributed by atoms with Gasteiger partial charge in [0.05, 0.1) is 6.07 Å². The molecule has 3 atom stereocenters. The maximum atomic E-state index is 8.66. The summed E-state index contributed by atoms with van der Waals surface area (Å²) in [6, 6.07) is 2.28. The Kier molecular flexibility index (Phi) is 5.32. The van der Waals surface area contributed by atoms with Crippen LogP contribution < -0.4 is 0 Å². The van der Waals surface area contributed by atoms with Gasteiger partial charge in [-0.2, -0.15) is 5.26 Å². The van der Waals surface area contributed by atoms with Crippen LogP contribution in [0.5, 0.6) is 0 Å². The van der Waals surface area contributed by atoms with Gasteiger partial charge in [0, 0.05) is 11.3 Å². The molecule has 0 aliphatic carbocycles. The van der Waals surface area contributed by atoms with Crippen LogP contribution in [0.15, 0.2) is 0 Å². The molecule has 0 aromatic heterocycles. The summed E-state index contributed by atoms with van der Waals surface area (Å²) in [5, 5.41) is 8.84. The third-order valence-electron chi connectivity index (χ3n) is 2.12. The number of alkyl halides is 1. The molecule has 0 aliphatic heterocycles. The van der Waals surface area contributed by atoms with Crippen LogP contribution >= 0.6 is 11.6 Å². The highest BCUT2D eigenvalue weighted by molar-refractivity contribution is 6.20. The zero-order valence-corrected chi connectivity index (χ0v) is 8.23. The van der Waals surface area contributed by atoms with Crippen molar-refractivity contribution in [1.29, 1.82) is 5.26 Å². The van der Waals surface area contributed by atoms with Crippen molar-refractivity contribution >= 4 is 11.6 Å². The third-order valence-corrected chi connectivity index (χ3v) is 2.55. The van der Waals surface area contributed by atoms with Gasteiger partial charge in [-0.05, 0) is 25.7 Å². The molecule has 2 unspecified atom stereocenters. The van der Waals surface area contributed by atoms with E-state index < -0.39 is 0 Å². The summed E-state index contributed by atoms with van der Waals surface area (Å²) in [5.41, 5.74) is 0. The molecule has 0 aromatic rings. The molecule has 64 valence electrons. The second-order valence-electron chi connectivity index (χ2n) is 3.12. The third kappa shape index (κ3) is 4.27. The molecule has 0 amide bonds. The van der Waals surface area contributed by atoms with E-state index in [-0.39, 0.29) is 11.3 Å². The van der Waals surface area contributed by atoms with Crippen LogP contribution in [0.2, 0.25) is 0 Å². The molecule has 0 aromatic carbocycles. The van der Waals surface area contributed by atoms with Crippen molar-refractivity contribution < 1.29 is 0 Å². The smallest absolute Gasteiger partial charge is 0.0655 e. The Morgan fingerprint density at radius 1 is 1.45 bits per heavy atom. The van der Waals surface area contributed by atoms with Crippen molar-refractivity contribution in [1.82, 2.24) is 0 Å². The summed E-state index contributed by atoms with van der Waals surface area (Å²) < 4.78 is 0. The molecule has 11 heavy (non-hydrogen) atoms. The normalized spacial score (nSPS) is 18.5. The van der Waals surface area contributed by atoms with Gasteiger partial charge in [0.2, 0.25) is 0 Å². The molecular weight excluding hydrogens is 158 g/mol. The lowest BCUT2D eigenvalue weighted by Crippen LogP contribution is -2.11. The molecule has 0 heterocycles. The van der Waals surface area contributed by atoms with Gasteiger partial charge in [0.25, 0.3) is 0 Å². The zero-order chi connectivity index (χ0) is 8.85. The minimum absolute atomic E-state index is 0.178. The fraction of sp³-hybridized carbons (Fsp3) is 0.889. The highest BCUT2D eigenvalue weighted by atomic mass is 35.5. The van der Waals surface area contributed by atoms with Crippen LogP contribution in [0.4, 0.5) is 0 Å². The van der Waals surface area contributed by atoms with Crippen molar-refractivity contribution in [3.63, 3.8) is 0 Å². The van der Waals surface area contributed by atoms with E-state index in [0.717, 1.165) is 12.8 Å². The minimum atomic E-state index is 0.178. The molecule has 0 N–H and O–H groups in total.